The average molecular weight is 398 g/mol. The van der Waals surface area contributed by atoms with E-state index in [0.29, 0.717) is 21.5 Å². The molecule has 0 saturated heterocycles. The van der Waals surface area contributed by atoms with Crippen molar-refractivity contribution in [3.63, 3.8) is 0 Å². The lowest BCUT2D eigenvalue weighted by Gasteiger charge is -2.04. The molecule has 9 nitrogen and oxygen atoms in total. The van der Waals surface area contributed by atoms with Crippen LogP contribution in [0.25, 0.3) is 54.4 Å². The highest BCUT2D eigenvalue weighted by Crippen LogP contribution is 2.49. The van der Waals surface area contributed by atoms with Crippen molar-refractivity contribution in [2.75, 3.05) is 5.43 Å². The third kappa shape index (κ3) is 1.88. The first-order valence-corrected chi connectivity index (χ1v) is 9.17. The Hall–Kier alpha value is -4.53. The molecule has 0 unspecified atom stereocenters. The van der Waals surface area contributed by atoms with Gasteiger partial charge in [-0.05, 0) is 12.1 Å². The molecular formula is C21H14N6O3. The van der Waals surface area contributed by atoms with Crippen molar-refractivity contribution < 1.29 is 15.0 Å². The first kappa shape index (κ1) is 16.4. The number of urea groups is 1. The van der Waals surface area contributed by atoms with Crippen LogP contribution in [0.3, 0.4) is 0 Å². The summed E-state index contributed by atoms with van der Waals surface area (Å²) in [7, 11) is 0. The minimum Gasteiger partial charge on any atom is -0.493 e. The zero-order valence-electron chi connectivity index (χ0n) is 15.3. The zero-order valence-corrected chi connectivity index (χ0v) is 15.3. The molecular weight excluding hydrogens is 384 g/mol. The highest BCUT2D eigenvalue weighted by atomic mass is 16.3. The second-order valence-corrected chi connectivity index (χ2v) is 7.10. The molecule has 6 rings (SSSR count). The molecule has 0 bridgehead atoms. The standard InChI is InChI=1S/C21H14N6O3/c22-25-21(30)26-27-19(28)15-13-9-5-1-3-7-11(9)23-17(13)18-14(16(15)20(27)29)10-6-2-4-8-12(10)24-18/h1-8,22-24,28-29H,(H,26,30). The monoisotopic (exact) mass is 398 g/mol. The minimum absolute atomic E-state index is 0.346. The van der Waals surface area contributed by atoms with Crippen molar-refractivity contribution >= 4 is 60.4 Å². The first-order valence-electron chi connectivity index (χ1n) is 9.17. The Morgan fingerprint density at radius 2 is 1.30 bits per heavy atom. The van der Waals surface area contributed by atoms with Gasteiger partial charge in [0.1, 0.15) is 0 Å². The normalized spacial score (nSPS) is 11.9. The van der Waals surface area contributed by atoms with E-state index in [1.165, 1.54) is 0 Å². The Balaban J connectivity index is 1.96. The van der Waals surface area contributed by atoms with E-state index in [2.05, 4.69) is 20.5 Å². The second kappa shape index (κ2) is 5.51. The molecule has 9 heteroatoms. The van der Waals surface area contributed by atoms with Crippen molar-refractivity contribution in [2.45, 2.75) is 0 Å². The summed E-state index contributed by atoms with van der Waals surface area (Å²) < 4.78 is 0.855. The summed E-state index contributed by atoms with van der Waals surface area (Å²) in [5, 5.41) is 28.8. The lowest BCUT2D eigenvalue weighted by molar-refractivity contribution is 0.253. The second-order valence-electron chi connectivity index (χ2n) is 7.10. The zero-order chi connectivity index (χ0) is 20.6. The number of aromatic nitrogens is 3. The Labute approximate surface area is 167 Å². The number of nitrogens with one attached hydrogen (secondary N) is 4. The maximum Gasteiger partial charge on any atom is 0.378 e. The van der Waals surface area contributed by atoms with E-state index in [1.54, 1.807) is 0 Å². The summed E-state index contributed by atoms with van der Waals surface area (Å²) >= 11 is 0. The van der Waals surface area contributed by atoms with Crippen LogP contribution < -0.4 is 5.43 Å². The molecule has 3 heterocycles. The number of para-hydroxylation sites is 2. The summed E-state index contributed by atoms with van der Waals surface area (Å²) in [4.78, 5) is 18.5. The molecule has 2 amide bonds. The molecule has 0 radical (unpaired) electrons. The van der Waals surface area contributed by atoms with Crippen LogP contribution in [0.4, 0.5) is 4.79 Å². The van der Waals surface area contributed by atoms with E-state index in [-0.39, 0.29) is 11.8 Å². The van der Waals surface area contributed by atoms with Gasteiger partial charge in [-0.3, -0.25) is 0 Å². The van der Waals surface area contributed by atoms with E-state index in [0.717, 1.165) is 37.5 Å². The minimum atomic E-state index is -1.02. The van der Waals surface area contributed by atoms with Gasteiger partial charge < -0.3 is 20.2 Å². The van der Waals surface area contributed by atoms with Gasteiger partial charge in [0.15, 0.2) is 0 Å². The number of hydrogen-bond acceptors (Lipinski definition) is 4. The van der Waals surface area contributed by atoms with Crippen molar-refractivity contribution in [1.29, 1.82) is 5.53 Å². The highest BCUT2D eigenvalue weighted by Gasteiger charge is 2.27. The van der Waals surface area contributed by atoms with E-state index >= 15 is 0 Å². The van der Waals surface area contributed by atoms with Crippen LogP contribution in [-0.2, 0) is 0 Å². The summed E-state index contributed by atoms with van der Waals surface area (Å²) in [6.45, 7) is 0. The quantitative estimate of drug-likeness (QED) is 0.217. The van der Waals surface area contributed by atoms with Gasteiger partial charge in [0.05, 0.1) is 21.8 Å². The van der Waals surface area contributed by atoms with Crippen LogP contribution in [0.2, 0.25) is 0 Å². The Morgan fingerprint density at radius 3 is 1.77 bits per heavy atom. The van der Waals surface area contributed by atoms with Crippen LogP contribution in [0.5, 0.6) is 11.8 Å². The molecule has 0 fully saturated rings. The number of carbonyl (C=O) groups excluding carboxylic acids is 1. The number of H-pyrrole nitrogens is 2. The largest absolute Gasteiger partial charge is 0.493 e. The molecule has 146 valence electrons. The van der Waals surface area contributed by atoms with Crippen LogP contribution in [0.15, 0.2) is 53.6 Å². The Bertz CT molecular complexity index is 1570. The molecule has 3 aromatic heterocycles. The lowest BCUT2D eigenvalue weighted by Crippen LogP contribution is -2.18. The fourth-order valence-corrected chi connectivity index (χ4v) is 4.43. The van der Waals surface area contributed by atoms with Crippen molar-refractivity contribution in [3.8, 4) is 11.8 Å². The fourth-order valence-electron chi connectivity index (χ4n) is 4.43. The van der Waals surface area contributed by atoms with Gasteiger partial charge in [-0.25, -0.2) is 10.2 Å². The number of hydrogen-bond donors (Lipinski definition) is 6. The molecule has 3 aromatic carbocycles. The van der Waals surface area contributed by atoms with E-state index in [9.17, 15) is 15.0 Å². The summed E-state index contributed by atoms with van der Waals surface area (Å²) in [6.07, 6.45) is 0. The van der Waals surface area contributed by atoms with Gasteiger partial charge in [0.2, 0.25) is 11.8 Å². The number of nitrogens with zero attached hydrogens (tertiary/aromatic N) is 2. The first-order chi connectivity index (χ1) is 14.6. The van der Waals surface area contributed by atoms with E-state index < -0.39 is 6.03 Å². The van der Waals surface area contributed by atoms with Gasteiger partial charge in [0.25, 0.3) is 0 Å². The molecule has 6 aromatic rings. The maximum atomic E-state index is 11.7. The number of amides is 2. The third-order valence-corrected chi connectivity index (χ3v) is 5.59. The number of carbonyl (C=O) groups is 1. The number of fused-ring (bicyclic) bond motifs is 10. The highest BCUT2D eigenvalue weighted by molar-refractivity contribution is 6.37. The van der Waals surface area contributed by atoms with Crippen LogP contribution in [0.1, 0.15) is 0 Å². The molecule has 0 spiro atoms. The van der Waals surface area contributed by atoms with Gasteiger partial charge in [0, 0.05) is 32.6 Å². The number of aromatic amines is 2. The number of benzene rings is 3. The topological polar surface area (TPSA) is 142 Å². The van der Waals surface area contributed by atoms with Crippen LogP contribution in [0, 0.1) is 5.53 Å². The molecule has 6 N–H and O–H groups in total. The van der Waals surface area contributed by atoms with E-state index in [4.69, 9.17) is 5.53 Å². The van der Waals surface area contributed by atoms with Crippen molar-refractivity contribution in [3.05, 3.63) is 48.5 Å². The number of rotatable bonds is 1. The maximum absolute atomic E-state index is 11.7. The third-order valence-electron chi connectivity index (χ3n) is 5.59. The van der Waals surface area contributed by atoms with Gasteiger partial charge >= 0.3 is 6.03 Å². The average Bonchev–Trinajstić information content (AvgIpc) is 3.40. The van der Waals surface area contributed by atoms with Crippen molar-refractivity contribution in [2.24, 2.45) is 5.11 Å². The molecule has 0 aliphatic rings. The predicted molar refractivity (Wildman–Crippen MR) is 114 cm³/mol. The van der Waals surface area contributed by atoms with Crippen LogP contribution in [-0.4, -0.2) is 30.9 Å². The van der Waals surface area contributed by atoms with Crippen molar-refractivity contribution in [1.82, 2.24) is 14.6 Å². The van der Waals surface area contributed by atoms with Crippen LogP contribution >= 0.6 is 0 Å². The summed E-state index contributed by atoms with van der Waals surface area (Å²) in [5.41, 5.74) is 12.4. The van der Waals surface area contributed by atoms with Gasteiger partial charge in [-0.1, -0.05) is 41.5 Å². The van der Waals surface area contributed by atoms with E-state index in [1.807, 2.05) is 48.5 Å². The fraction of sp³-hybridized carbons (Fsp3) is 0. The SMILES string of the molecule is N=NC(=O)Nn1c(O)c2c(c1O)c1c3ccccc3[nH]c1c1[nH]c3ccccc3c12. The molecule has 0 aliphatic heterocycles. The molecule has 0 atom stereocenters. The molecule has 30 heavy (non-hydrogen) atoms. The Morgan fingerprint density at radius 1 is 0.833 bits per heavy atom. The lowest BCUT2D eigenvalue weighted by atomic mass is 10.0. The summed E-state index contributed by atoms with van der Waals surface area (Å²) in [5.74, 6) is -0.692. The predicted octanol–water partition coefficient (Wildman–Crippen LogP) is 5.02. The smallest absolute Gasteiger partial charge is 0.378 e. The van der Waals surface area contributed by atoms with Gasteiger partial charge in [-0.2, -0.15) is 10.2 Å². The Kier molecular flexibility index (Phi) is 3.02. The molecule has 0 saturated carbocycles. The van der Waals surface area contributed by atoms with Gasteiger partial charge in [-0.15, -0.1) is 0 Å². The number of aromatic hydroxyl groups is 2. The summed E-state index contributed by atoms with van der Waals surface area (Å²) in [6, 6.07) is 14.3. The molecule has 0 aliphatic carbocycles.